The van der Waals surface area contributed by atoms with Gasteiger partial charge in [0.25, 0.3) is 0 Å². The molecule has 1 N–H and O–H groups in total. The Morgan fingerprint density at radius 3 is 2.65 bits per heavy atom. The van der Waals surface area contributed by atoms with Gasteiger partial charge in [-0.25, -0.2) is 0 Å². The number of anilines is 1. The molecule has 0 aromatic carbocycles. The fraction of sp³-hybridized carbons (Fsp3) is 0.625. The number of hydrogen-bond donors (Lipinski definition) is 1. The minimum Gasteiger partial charge on any atom is -0.343 e. The van der Waals surface area contributed by atoms with Gasteiger partial charge in [0.1, 0.15) is 6.54 Å². The van der Waals surface area contributed by atoms with E-state index in [1.165, 1.54) is 17.5 Å². The molecule has 124 valence electrons. The highest BCUT2D eigenvalue weighted by atomic mass is 16.2. The van der Waals surface area contributed by atoms with E-state index >= 15 is 0 Å². The van der Waals surface area contributed by atoms with Crippen LogP contribution in [0.5, 0.6) is 0 Å². The summed E-state index contributed by atoms with van der Waals surface area (Å²) in [5, 5.41) is 15.3. The van der Waals surface area contributed by atoms with Crippen molar-refractivity contribution in [3.05, 3.63) is 12.3 Å². The average Bonchev–Trinajstić information content (AvgIpc) is 2.80. The monoisotopic (exact) mass is 317 g/mol. The second kappa shape index (κ2) is 8.93. The normalized spacial score (nSPS) is 14.8. The number of nitrogens with one attached hydrogen (secondary N) is 1. The molecular weight excluding hydrogens is 294 g/mol. The number of amides is 2. The second-order valence-electron chi connectivity index (χ2n) is 5.75. The quantitative estimate of drug-likeness (QED) is 0.867. The first-order chi connectivity index (χ1) is 11.2. The van der Waals surface area contributed by atoms with Gasteiger partial charge in [-0.05, 0) is 19.3 Å². The Hall–Kier alpha value is -2.36. The van der Waals surface area contributed by atoms with Crippen LogP contribution in [0.4, 0.5) is 5.82 Å². The molecule has 0 spiro atoms. The van der Waals surface area contributed by atoms with E-state index in [0.717, 1.165) is 25.9 Å². The number of nitrogens with zero attached hydrogens (tertiary/aromatic N) is 4. The number of carbonyl (C=O) groups excluding carboxylic acids is 2. The Morgan fingerprint density at radius 2 is 1.96 bits per heavy atom. The maximum absolute atomic E-state index is 12.1. The van der Waals surface area contributed by atoms with E-state index in [-0.39, 0.29) is 18.4 Å². The molecule has 0 bridgehead atoms. The van der Waals surface area contributed by atoms with Crippen LogP contribution < -0.4 is 5.32 Å². The molecule has 1 aromatic rings. The predicted octanol–water partition coefficient (Wildman–Crippen LogP) is 1.92. The molecule has 1 aliphatic heterocycles. The van der Waals surface area contributed by atoms with Crippen molar-refractivity contribution in [1.82, 2.24) is 14.7 Å². The van der Waals surface area contributed by atoms with Crippen molar-refractivity contribution in [2.45, 2.75) is 51.5 Å². The Balaban J connectivity index is 1.67. The first-order valence-corrected chi connectivity index (χ1v) is 8.17. The fourth-order valence-corrected chi connectivity index (χ4v) is 2.67. The molecule has 1 fully saturated rings. The molecule has 23 heavy (non-hydrogen) atoms. The Morgan fingerprint density at radius 1 is 1.22 bits per heavy atom. The SMILES string of the molecule is N#CCn1ccc(NC(=O)CCCC(=O)N2CCCCCC2)n1. The molecule has 0 saturated carbocycles. The highest BCUT2D eigenvalue weighted by molar-refractivity contribution is 5.90. The molecule has 2 heterocycles. The van der Waals surface area contributed by atoms with Crippen LogP contribution in [0.1, 0.15) is 44.9 Å². The van der Waals surface area contributed by atoms with E-state index < -0.39 is 0 Å². The standard InChI is InChI=1S/C16H23N5O2/c17-9-13-21-12-8-14(19-21)18-15(22)6-5-7-16(23)20-10-3-1-2-4-11-20/h8,12H,1-7,10-11,13H2,(H,18,19,22). The van der Waals surface area contributed by atoms with Gasteiger partial charge in [-0.2, -0.15) is 10.4 Å². The van der Waals surface area contributed by atoms with Crippen molar-refractivity contribution < 1.29 is 9.59 Å². The fourth-order valence-electron chi connectivity index (χ4n) is 2.67. The minimum atomic E-state index is -0.157. The topological polar surface area (TPSA) is 91.0 Å². The summed E-state index contributed by atoms with van der Waals surface area (Å²) in [7, 11) is 0. The molecule has 1 aromatic heterocycles. The Kier molecular flexibility index (Phi) is 6.60. The van der Waals surface area contributed by atoms with Gasteiger partial charge in [0.2, 0.25) is 11.8 Å². The van der Waals surface area contributed by atoms with Crippen LogP contribution in [0.3, 0.4) is 0 Å². The third-order valence-electron chi connectivity index (χ3n) is 3.89. The van der Waals surface area contributed by atoms with Gasteiger partial charge in [-0.3, -0.25) is 14.3 Å². The highest BCUT2D eigenvalue weighted by Crippen LogP contribution is 2.12. The van der Waals surface area contributed by atoms with Crippen LogP contribution in [0, 0.1) is 11.3 Å². The summed E-state index contributed by atoms with van der Waals surface area (Å²) < 4.78 is 1.46. The van der Waals surface area contributed by atoms with E-state index in [4.69, 9.17) is 5.26 Å². The smallest absolute Gasteiger partial charge is 0.225 e. The van der Waals surface area contributed by atoms with Crippen LogP contribution in [-0.4, -0.2) is 39.6 Å². The molecule has 1 saturated heterocycles. The number of likely N-dealkylation sites (tertiary alicyclic amines) is 1. The molecular formula is C16H23N5O2. The van der Waals surface area contributed by atoms with Gasteiger partial charge in [0.15, 0.2) is 5.82 Å². The lowest BCUT2D eigenvalue weighted by molar-refractivity contribution is -0.131. The van der Waals surface area contributed by atoms with Crippen LogP contribution >= 0.6 is 0 Å². The zero-order valence-corrected chi connectivity index (χ0v) is 13.3. The largest absolute Gasteiger partial charge is 0.343 e. The average molecular weight is 317 g/mol. The van der Waals surface area contributed by atoms with E-state index in [0.29, 0.717) is 25.1 Å². The summed E-state index contributed by atoms with van der Waals surface area (Å²) in [6, 6.07) is 3.63. The molecule has 0 radical (unpaired) electrons. The Bertz CT molecular complexity index is 567. The van der Waals surface area contributed by atoms with E-state index in [2.05, 4.69) is 10.4 Å². The summed E-state index contributed by atoms with van der Waals surface area (Å²) in [6.45, 7) is 1.85. The van der Waals surface area contributed by atoms with Crippen LogP contribution in [0.2, 0.25) is 0 Å². The van der Waals surface area contributed by atoms with Gasteiger partial charge >= 0.3 is 0 Å². The van der Waals surface area contributed by atoms with Gasteiger partial charge in [0.05, 0.1) is 6.07 Å². The number of carbonyl (C=O) groups is 2. The maximum Gasteiger partial charge on any atom is 0.225 e. The number of hydrogen-bond acceptors (Lipinski definition) is 4. The number of aromatic nitrogens is 2. The Labute approximate surface area is 136 Å². The van der Waals surface area contributed by atoms with Crippen molar-refractivity contribution >= 4 is 17.6 Å². The van der Waals surface area contributed by atoms with Crippen LogP contribution in [0.25, 0.3) is 0 Å². The summed E-state index contributed by atoms with van der Waals surface area (Å²) in [4.78, 5) is 25.9. The van der Waals surface area contributed by atoms with Gasteiger partial charge in [-0.1, -0.05) is 12.8 Å². The lowest BCUT2D eigenvalue weighted by Gasteiger charge is -2.20. The third-order valence-corrected chi connectivity index (χ3v) is 3.89. The van der Waals surface area contributed by atoms with Crippen molar-refractivity contribution in [3.8, 4) is 6.07 Å². The predicted molar refractivity (Wildman–Crippen MR) is 85.4 cm³/mol. The molecule has 2 rings (SSSR count). The van der Waals surface area contributed by atoms with E-state index in [9.17, 15) is 9.59 Å². The summed E-state index contributed by atoms with van der Waals surface area (Å²) >= 11 is 0. The zero-order valence-electron chi connectivity index (χ0n) is 13.3. The molecule has 7 heteroatoms. The first-order valence-electron chi connectivity index (χ1n) is 8.17. The lowest BCUT2D eigenvalue weighted by Crippen LogP contribution is -2.31. The molecule has 0 aliphatic carbocycles. The number of nitriles is 1. The van der Waals surface area contributed by atoms with Crippen molar-refractivity contribution in [2.24, 2.45) is 0 Å². The highest BCUT2D eigenvalue weighted by Gasteiger charge is 2.15. The van der Waals surface area contributed by atoms with Gasteiger partial charge in [0, 0.05) is 38.2 Å². The molecule has 1 aliphatic rings. The zero-order chi connectivity index (χ0) is 16.5. The van der Waals surface area contributed by atoms with Gasteiger partial charge < -0.3 is 10.2 Å². The van der Waals surface area contributed by atoms with Crippen molar-refractivity contribution in [3.63, 3.8) is 0 Å². The second-order valence-corrected chi connectivity index (χ2v) is 5.75. The number of rotatable bonds is 6. The molecule has 2 amide bonds. The maximum atomic E-state index is 12.1. The first kappa shape index (κ1) is 17.0. The summed E-state index contributed by atoms with van der Waals surface area (Å²) in [6.07, 6.45) is 7.45. The minimum absolute atomic E-state index is 0.151. The molecule has 0 atom stereocenters. The van der Waals surface area contributed by atoms with Crippen LogP contribution in [-0.2, 0) is 16.1 Å². The van der Waals surface area contributed by atoms with E-state index in [1.54, 1.807) is 12.3 Å². The molecule has 7 nitrogen and oxygen atoms in total. The summed E-state index contributed by atoms with van der Waals surface area (Å²) in [5.41, 5.74) is 0. The lowest BCUT2D eigenvalue weighted by atomic mass is 10.2. The summed E-state index contributed by atoms with van der Waals surface area (Å²) in [5.74, 6) is 0.429. The van der Waals surface area contributed by atoms with Crippen molar-refractivity contribution in [1.29, 1.82) is 5.26 Å². The van der Waals surface area contributed by atoms with Gasteiger partial charge in [-0.15, -0.1) is 0 Å². The van der Waals surface area contributed by atoms with E-state index in [1.807, 2.05) is 11.0 Å². The molecule has 0 unspecified atom stereocenters. The van der Waals surface area contributed by atoms with Crippen LogP contribution in [0.15, 0.2) is 12.3 Å². The third kappa shape index (κ3) is 5.74. The van der Waals surface area contributed by atoms with Crippen molar-refractivity contribution in [2.75, 3.05) is 18.4 Å².